The van der Waals surface area contributed by atoms with Crippen LogP contribution in [-0.2, 0) is 6.54 Å². The van der Waals surface area contributed by atoms with Gasteiger partial charge in [-0.3, -0.25) is 4.79 Å². The first kappa shape index (κ1) is 19.9. The second-order valence-electron chi connectivity index (χ2n) is 9.55. The summed E-state index contributed by atoms with van der Waals surface area (Å²) in [6.07, 6.45) is 3.97. The predicted molar refractivity (Wildman–Crippen MR) is 129 cm³/mol. The summed E-state index contributed by atoms with van der Waals surface area (Å²) in [5, 5.41) is 7.58. The fraction of sp³-hybridized carbons (Fsp3) is 0.321. The molecule has 3 aliphatic rings. The van der Waals surface area contributed by atoms with Gasteiger partial charge in [0.15, 0.2) is 0 Å². The van der Waals surface area contributed by atoms with Crippen LogP contribution < -0.4 is 10.6 Å². The van der Waals surface area contributed by atoms with Crippen LogP contribution in [0.25, 0.3) is 0 Å². The lowest BCUT2D eigenvalue weighted by Crippen LogP contribution is -2.35. The van der Waals surface area contributed by atoms with Crippen molar-refractivity contribution in [1.82, 2.24) is 5.32 Å². The normalized spacial score (nSPS) is 27.3. The molecule has 0 aromatic heterocycles. The van der Waals surface area contributed by atoms with Gasteiger partial charge in [0, 0.05) is 22.8 Å². The number of fused-ring (bicyclic) bond motifs is 7. The number of benzene rings is 3. The third kappa shape index (κ3) is 3.31. The molecule has 1 aliphatic heterocycles. The van der Waals surface area contributed by atoms with Gasteiger partial charge in [0.1, 0.15) is 0 Å². The number of carbonyl (C=O) groups excluding carboxylic acids is 1. The van der Waals surface area contributed by atoms with Gasteiger partial charge in [-0.2, -0.15) is 0 Å². The molecule has 3 nitrogen and oxygen atoms in total. The second-order valence-corrected chi connectivity index (χ2v) is 9.95. The average Bonchev–Trinajstić information content (AvgIpc) is 3.46. The Labute approximate surface area is 194 Å². The van der Waals surface area contributed by atoms with Crippen LogP contribution in [0.2, 0.25) is 5.02 Å². The molecule has 5 atom stereocenters. The molecule has 6 rings (SSSR count). The Morgan fingerprint density at radius 2 is 1.75 bits per heavy atom. The van der Waals surface area contributed by atoms with Gasteiger partial charge in [-0.1, -0.05) is 60.1 Å². The molecule has 4 heteroatoms. The van der Waals surface area contributed by atoms with Crippen molar-refractivity contribution in [3.05, 3.63) is 100 Å². The minimum Gasteiger partial charge on any atom is -0.378 e. The molecule has 2 bridgehead atoms. The van der Waals surface area contributed by atoms with Gasteiger partial charge in [0.05, 0.1) is 6.04 Å². The summed E-state index contributed by atoms with van der Waals surface area (Å²) in [5.41, 5.74) is 5.57. The fourth-order valence-corrected chi connectivity index (χ4v) is 6.74. The lowest BCUT2D eigenvalue weighted by Gasteiger charge is -2.43. The molecule has 2 N–H and O–H groups in total. The van der Waals surface area contributed by atoms with Gasteiger partial charge in [-0.25, -0.2) is 0 Å². The molecule has 3 aromatic rings. The standard InChI is InChI=1S/C28H27ClN2O/c29-23-9-5-4-8-21(23)16-30-28(32)20-12-13-24-22(15-20)25-18-10-11-19(14-18)26(25)27(31-24)17-6-2-1-3-7-17/h1-9,12-13,15,18-19,25-27,31H,10-11,14,16H2,(H,30,32)/t18-,19-,25-,26-,27-/m0/s1. The molecule has 1 amide bonds. The van der Waals surface area contributed by atoms with Gasteiger partial charge in [0.25, 0.3) is 5.91 Å². The highest BCUT2D eigenvalue weighted by Gasteiger charge is 2.53. The molecule has 1 heterocycles. The van der Waals surface area contributed by atoms with Crippen molar-refractivity contribution >= 4 is 23.2 Å². The zero-order valence-corrected chi connectivity index (χ0v) is 18.7. The van der Waals surface area contributed by atoms with Crippen molar-refractivity contribution in [1.29, 1.82) is 0 Å². The SMILES string of the molecule is O=C(NCc1ccccc1Cl)c1ccc2c(c1)[C@@H]1[C@H]3CC[C@@H](C3)[C@@H]1[C@H](c1ccccc1)N2. The Kier molecular flexibility index (Phi) is 4.95. The van der Waals surface area contributed by atoms with Crippen LogP contribution in [0, 0.1) is 17.8 Å². The van der Waals surface area contributed by atoms with E-state index in [4.69, 9.17) is 11.6 Å². The van der Waals surface area contributed by atoms with E-state index in [0.717, 1.165) is 23.0 Å². The van der Waals surface area contributed by atoms with Gasteiger partial charge < -0.3 is 10.6 Å². The van der Waals surface area contributed by atoms with E-state index in [9.17, 15) is 4.79 Å². The van der Waals surface area contributed by atoms with Gasteiger partial charge >= 0.3 is 0 Å². The van der Waals surface area contributed by atoms with Crippen molar-refractivity contribution in [2.24, 2.45) is 17.8 Å². The lowest BCUT2D eigenvalue weighted by molar-refractivity contribution is 0.0950. The highest BCUT2D eigenvalue weighted by atomic mass is 35.5. The Morgan fingerprint density at radius 3 is 2.59 bits per heavy atom. The van der Waals surface area contributed by atoms with Crippen LogP contribution in [0.5, 0.6) is 0 Å². The molecule has 3 aromatic carbocycles. The van der Waals surface area contributed by atoms with Crippen LogP contribution in [0.1, 0.15) is 58.3 Å². The summed E-state index contributed by atoms with van der Waals surface area (Å²) in [5.74, 6) is 2.60. The third-order valence-electron chi connectivity index (χ3n) is 7.91. The molecule has 0 saturated heterocycles. The first-order valence-corrected chi connectivity index (χ1v) is 12.0. The number of anilines is 1. The van der Waals surface area contributed by atoms with Crippen molar-refractivity contribution in [3.8, 4) is 0 Å². The zero-order chi connectivity index (χ0) is 21.7. The van der Waals surface area contributed by atoms with E-state index in [1.54, 1.807) is 0 Å². The third-order valence-corrected chi connectivity index (χ3v) is 8.27. The Hall–Kier alpha value is -2.78. The van der Waals surface area contributed by atoms with Gasteiger partial charge in [0.2, 0.25) is 0 Å². The summed E-state index contributed by atoms with van der Waals surface area (Å²) in [6, 6.07) is 25.1. The summed E-state index contributed by atoms with van der Waals surface area (Å²) < 4.78 is 0. The maximum atomic E-state index is 13.0. The molecule has 0 radical (unpaired) electrons. The maximum Gasteiger partial charge on any atom is 0.251 e. The number of hydrogen-bond acceptors (Lipinski definition) is 2. The van der Waals surface area contributed by atoms with Crippen molar-refractivity contribution in [3.63, 3.8) is 0 Å². The number of nitrogens with one attached hydrogen (secondary N) is 2. The topological polar surface area (TPSA) is 41.1 Å². The summed E-state index contributed by atoms with van der Waals surface area (Å²) in [4.78, 5) is 13.0. The Balaban J connectivity index is 1.30. The van der Waals surface area contributed by atoms with Crippen LogP contribution in [0.3, 0.4) is 0 Å². The van der Waals surface area contributed by atoms with E-state index in [1.165, 1.54) is 36.1 Å². The predicted octanol–water partition coefficient (Wildman–Crippen LogP) is 6.57. The van der Waals surface area contributed by atoms with Crippen molar-refractivity contribution in [2.75, 3.05) is 5.32 Å². The van der Waals surface area contributed by atoms with E-state index in [1.807, 2.05) is 30.3 Å². The highest BCUT2D eigenvalue weighted by Crippen LogP contribution is 2.63. The molecular weight excluding hydrogens is 416 g/mol. The van der Waals surface area contributed by atoms with Gasteiger partial charge in [-0.15, -0.1) is 0 Å². The number of hydrogen-bond donors (Lipinski definition) is 2. The molecule has 0 unspecified atom stereocenters. The molecule has 32 heavy (non-hydrogen) atoms. The maximum absolute atomic E-state index is 13.0. The van der Waals surface area contributed by atoms with Crippen molar-refractivity contribution < 1.29 is 4.79 Å². The first-order valence-electron chi connectivity index (χ1n) is 11.7. The number of amides is 1. The number of carbonyl (C=O) groups is 1. The molecular formula is C28H27ClN2O. The second kappa shape index (κ2) is 7.97. The molecule has 162 valence electrons. The fourth-order valence-electron chi connectivity index (χ4n) is 6.54. The lowest BCUT2D eigenvalue weighted by atomic mass is 9.68. The average molecular weight is 443 g/mol. The van der Waals surface area contributed by atoms with Crippen LogP contribution in [-0.4, -0.2) is 5.91 Å². The van der Waals surface area contributed by atoms with Crippen LogP contribution >= 0.6 is 11.6 Å². The smallest absolute Gasteiger partial charge is 0.251 e. The molecule has 2 aliphatic carbocycles. The van der Waals surface area contributed by atoms with Gasteiger partial charge in [-0.05, 0) is 83.9 Å². The zero-order valence-electron chi connectivity index (χ0n) is 17.9. The van der Waals surface area contributed by atoms with Crippen LogP contribution in [0.4, 0.5) is 5.69 Å². The van der Waals surface area contributed by atoms with E-state index >= 15 is 0 Å². The van der Waals surface area contributed by atoms with Crippen molar-refractivity contribution in [2.45, 2.75) is 37.8 Å². The van der Waals surface area contributed by atoms with E-state index in [0.29, 0.717) is 29.4 Å². The highest BCUT2D eigenvalue weighted by molar-refractivity contribution is 6.31. The first-order chi connectivity index (χ1) is 15.7. The van der Waals surface area contributed by atoms with E-state index < -0.39 is 0 Å². The molecule has 2 fully saturated rings. The molecule has 0 spiro atoms. The number of halogens is 1. The number of rotatable bonds is 4. The van der Waals surface area contributed by atoms with E-state index in [-0.39, 0.29) is 5.91 Å². The molecule has 2 saturated carbocycles. The summed E-state index contributed by atoms with van der Waals surface area (Å²) in [7, 11) is 0. The quantitative estimate of drug-likeness (QED) is 0.480. The largest absolute Gasteiger partial charge is 0.378 e. The monoisotopic (exact) mass is 442 g/mol. The summed E-state index contributed by atoms with van der Waals surface area (Å²) in [6.45, 7) is 0.431. The summed E-state index contributed by atoms with van der Waals surface area (Å²) >= 11 is 6.25. The Morgan fingerprint density at radius 1 is 0.969 bits per heavy atom. The minimum atomic E-state index is -0.0439. The van der Waals surface area contributed by atoms with E-state index in [2.05, 4.69) is 53.1 Å². The minimum absolute atomic E-state index is 0.0439. The van der Waals surface area contributed by atoms with Crippen LogP contribution in [0.15, 0.2) is 72.8 Å². The Bertz CT molecular complexity index is 1160.